The molecule has 4 heterocycles. The molecule has 6 rings (SSSR count). The number of hydrogen-bond acceptors (Lipinski definition) is 5. The standard InChI is InChI=1S/C24H28N4O2/c1-2-6-21-20(5-1)26-24(17-13-25-14-17)28(21)18-9-11-27(12-10-18)15-19-16-29-22-7-3-4-8-23(22)30-19/h1-8,17-19,25H,9-16H2. The van der Waals surface area contributed by atoms with Crippen molar-refractivity contribution in [3.8, 4) is 11.5 Å². The van der Waals surface area contributed by atoms with E-state index in [2.05, 4.69) is 39.0 Å². The zero-order valence-corrected chi connectivity index (χ0v) is 17.2. The number of aromatic nitrogens is 2. The second kappa shape index (κ2) is 7.60. The molecule has 0 bridgehead atoms. The maximum atomic E-state index is 6.18. The van der Waals surface area contributed by atoms with Gasteiger partial charge in [0.1, 0.15) is 18.5 Å². The predicted molar refractivity (Wildman–Crippen MR) is 116 cm³/mol. The van der Waals surface area contributed by atoms with Gasteiger partial charge in [-0.25, -0.2) is 4.98 Å². The summed E-state index contributed by atoms with van der Waals surface area (Å²) in [5, 5.41) is 3.41. The first-order chi connectivity index (χ1) is 14.8. The van der Waals surface area contributed by atoms with Crippen molar-refractivity contribution in [2.75, 3.05) is 39.3 Å². The monoisotopic (exact) mass is 404 g/mol. The number of hydrogen-bond donors (Lipinski definition) is 1. The van der Waals surface area contributed by atoms with Crippen LogP contribution in [0.5, 0.6) is 11.5 Å². The fourth-order valence-electron chi connectivity index (χ4n) is 5.01. The van der Waals surface area contributed by atoms with Gasteiger partial charge in [0.25, 0.3) is 0 Å². The second-order valence-electron chi connectivity index (χ2n) is 8.71. The minimum absolute atomic E-state index is 0.0992. The topological polar surface area (TPSA) is 51.5 Å². The number of benzene rings is 2. The third-order valence-electron chi connectivity index (χ3n) is 6.72. The highest BCUT2D eigenvalue weighted by Gasteiger charge is 2.31. The van der Waals surface area contributed by atoms with E-state index in [9.17, 15) is 0 Å². The lowest BCUT2D eigenvalue weighted by Crippen LogP contribution is -2.45. The molecule has 3 aromatic rings. The molecule has 6 nitrogen and oxygen atoms in total. The van der Waals surface area contributed by atoms with Crippen molar-refractivity contribution in [3.05, 3.63) is 54.4 Å². The molecule has 1 unspecified atom stereocenters. The highest BCUT2D eigenvalue weighted by Crippen LogP contribution is 2.34. The van der Waals surface area contributed by atoms with E-state index in [1.54, 1.807) is 0 Å². The molecule has 0 amide bonds. The van der Waals surface area contributed by atoms with Gasteiger partial charge in [0.2, 0.25) is 0 Å². The Kier molecular flexibility index (Phi) is 4.61. The summed E-state index contributed by atoms with van der Waals surface area (Å²) >= 11 is 0. The van der Waals surface area contributed by atoms with Crippen molar-refractivity contribution in [1.82, 2.24) is 19.8 Å². The first-order valence-electron chi connectivity index (χ1n) is 11.1. The molecule has 3 aliphatic heterocycles. The van der Waals surface area contributed by atoms with Crippen LogP contribution in [0.3, 0.4) is 0 Å². The summed E-state index contributed by atoms with van der Waals surface area (Å²) in [7, 11) is 0. The molecule has 156 valence electrons. The molecule has 1 atom stereocenters. The van der Waals surface area contributed by atoms with Crippen LogP contribution in [0.1, 0.15) is 30.6 Å². The van der Waals surface area contributed by atoms with Gasteiger partial charge in [-0.3, -0.25) is 4.90 Å². The third kappa shape index (κ3) is 3.24. The van der Waals surface area contributed by atoms with Crippen molar-refractivity contribution in [2.24, 2.45) is 0 Å². The van der Waals surface area contributed by atoms with Crippen LogP contribution in [0, 0.1) is 0 Å². The maximum absolute atomic E-state index is 6.18. The van der Waals surface area contributed by atoms with E-state index in [1.807, 2.05) is 24.3 Å². The number of piperidine rings is 1. The molecule has 2 saturated heterocycles. The molecule has 1 N–H and O–H groups in total. The largest absolute Gasteiger partial charge is 0.486 e. The lowest BCUT2D eigenvalue weighted by Gasteiger charge is -2.37. The lowest BCUT2D eigenvalue weighted by molar-refractivity contribution is 0.0484. The Hall–Kier alpha value is -2.57. The van der Waals surface area contributed by atoms with Gasteiger partial charge in [-0.1, -0.05) is 24.3 Å². The molecular formula is C24H28N4O2. The van der Waals surface area contributed by atoms with Crippen molar-refractivity contribution in [1.29, 1.82) is 0 Å². The van der Waals surface area contributed by atoms with Crippen molar-refractivity contribution < 1.29 is 9.47 Å². The Morgan fingerprint density at radius 2 is 1.73 bits per heavy atom. The number of nitrogens with zero attached hydrogens (tertiary/aromatic N) is 3. The van der Waals surface area contributed by atoms with Gasteiger partial charge in [-0.05, 0) is 37.1 Å². The average Bonchev–Trinajstić information content (AvgIpc) is 3.12. The molecule has 30 heavy (non-hydrogen) atoms. The average molecular weight is 405 g/mol. The fourth-order valence-corrected chi connectivity index (χ4v) is 5.01. The Labute approximate surface area is 176 Å². The minimum Gasteiger partial charge on any atom is -0.486 e. The molecule has 1 aromatic heterocycles. The van der Waals surface area contributed by atoms with E-state index >= 15 is 0 Å². The summed E-state index contributed by atoms with van der Waals surface area (Å²) in [6.07, 6.45) is 2.40. The number of imidazole rings is 1. The van der Waals surface area contributed by atoms with Gasteiger partial charge < -0.3 is 19.4 Å². The maximum Gasteiger partial charge on any atom is 0.161 e. The number of rotatable bonds is 4. The molecule has 2 aromatic carbocycles. The first-order valence-corrected chi connectivity index (χ1v) is 11.1. The zero-order chi connectivity index (χ0) is 19.9. The van der Waals surface area contributed by atoms with E-state index in [1.165, 1.54) is 11.3 Å². The summed E-state index contributed by atoms with van der Waals surface area (Å²) < 4.78 is 14.6. The van der Waals surface area contributed by atoms with Gasteiger partial charge >= 0.3 is 0 Å². The molecule has 0 spiro atoms. The van der Waals surface area contributed by atoms with Crippen LogP contribution in [0.25, 0.3) is 11.0 Å². The number of likely N-dealkylation sites (tertiary alicyclic amines) is 1. The molecule has 3 aliphatic rings. The summed E-state index contributed by atoms with van der Waals surface area (Å²) in [5.41, 5.74) is 2.42. The molecule has 0 aliphatic carbocycles. The van der Waals surface area contributed by atoms with Gasteiger partial charge in [0, 0.05) is 44.7 Å². The zero-order valence-electron chi connectivity index (χ0n) is 17.2. The Balaban J connectivity index is 1.14. The van der Waals surface area contributed by atoms with Gasteiger partial charge in [-0.15, -0.1) is 0 Å². The Morgan fingerprint density at radius 1 is 0.967 bits per heavy atom. The van der Waals surface area contributed by atoms with Gasteiger partial charge in [-0.2, -0.15) is 0 Å². The quantitative estimate of drug-likeness (QED) is 0.724. The third-order valence-corrected chi connectivity index (χ3v) is 6.72. The van der Waals surface area contributed by atoms with Crippen molar-refractivity contribution >= 4 is 11.0 Å². The number of fused-ring (bicyclic) bond motifs is 2. The minimum atomic E-state index is 0.0992. The Bertz CT molecular complexity index is 1040. The normalized spacial score (nSPS) is 22.9. The number of para-hydroxylation sites is 4. The fraction of sp³-hybridized carbons (Fsp3) is 0.458. The van der Waals surface area contributed by atoms with E-state index in [0.29, 0.717) is 18.6 Å². The van der Waals surface area contributed by atoms with Crippen LogP contribution in [0.4, 0.5) is 0 Å². The first kappa shape index (κ1) is 18.2. The van der Waals surface area contributed by atoms with Crippen molar-refractivity contribution in [2.45, 2.75) is 30.9 Å². The molecule has 2 fully saturated rings. The SMILES string of the molecule is c1ccc2c(c1)OCC(CN1CCC(n3c(C4CNC4)nc4ccccc43)CC1)O2. The Morgan fingerprint density at radius 3 is 2.53 bits per heavy atom. The van der Waals surface area contributed by atoms with Gasteiger partial charge in [0.15, 0.2) is 11.5 Å². The molecule has 6 heteroatoms. The van der Waals surface area contributed by atoms with Crippen LogP contribution >= 0.6 is 0 Å². The molecule has 0 radical (unpaired) electrons. The smallest absolute Gasteiger partial charge is 0.161 e. The highest BCUT2D eigenvalue weighted by atomic mass is 16.6. The van der Waals surface area contributed by atoms with Crippen molar-refractivity contribution in [3.63, 3.8) is 0 Å². The van der Waals surface area contributed by atoms with E-state index in [0.717, 1.165) is 62.6 Å². The van der Waals surface area contributed by atoms with Crippen LogP contribution in [0.2, 0.25) is 0 Å². The summed E-state index contributed by atoms with van der Waals surface area (Å²) in [6, 6.07) is 17.1. The summed E-state index contributed by atoms with van der Waals surface area (Å²) in [5.74, 6) is 3.54. The predicted octanol–water partition coefficient (Wildman–Crippen LogP) is 3.20. The molecular weight excluding hydrogens is 376 g/mol. The number of ether oxygens (including phenoxy) is 2. The van der Waals surface area contributed by atoms with Crippen LogP contribution in [-0.4, -0.2) is 59.9 Å². The van der Waals surface area contributed by atoms with Crippen LogP contribution in [0.15, 0.2) is 48.5 Å². The summed E-state index contributed by atoms with van der Waals surface area (Å²) in [6.45, 7) is 5.81. The lowest BCUT2D eigenvalue weighted by atomic mass is 9.99. The van der Waals surface area contributed by atoms with Crippen LogP contribution in [-0.2, 0) is 0 Å². The van der Waals surface area contributed by atoms with E-state index in [-0.39, 0.29) is 6.10 Å². The van der Waals surface area contributed by atoms with Crippen LogP contribution < -0.4 is 14.8 Å². The van der Waals surface area contributed by atoms with E-state index < -0.39 is 0 Å². The summed E-state index contributed by atoms with van der Waals surface area (Å²) in [4.78, 5) is 7.55. The van der Waals surface area contributed by atoms with E-state index in [4.69, 9.17) is 14.5 Å². The molecule has 0 saturated carbocycles. The van der Waals surface area contributed by atoms with Gasteiger partial charge in [0.05, 0.1) is 11.0 Å². The highest BCUT2D eigenvalue weighted by molar-refractivity contribution is 5.76. The second-order valence-corrected chi connectivity index (χ2v) is 8.71. The number of nitrogens with one attached hydrogen (secondary N) is 1.